The predicted molar refractivity (Wildman–Crippen MR) is 68.9 cm³/mol. The normalized spacial score (nSPS) is 12.7. The van der Waals surface area contributed by atoms with Gasteiger partial charge in [-0.25, -0.2) is 4.39 Å². The van der Waals surface area contributed by atoms with Crippen molar-refractivity contribution in [2.45, 2.75) is 29.9 Å². The van der Waals surface area contributed by atoms with Gasteiger partial charge in [-0.05, 0) is 37.7 Å². The van der Waals surface area contributed by atoms with Crippen molar-refractivity contribution in [2.24, 2.45) is 12.8 Å². The summed E-state index contributed by atoms with van der Waals surface area (Å²) in [4.78, 5) is 0.778. The highest BCUT2D eigenvalue weighted by molar-refractivity contribution is 7.99. The maximum atomic E-state index is 13.8. The average molecular weight is 266 g/mol. The molecule has 2 N–H and O–H groups in total. The van der Waals surface area contributed by atoms with Crippen LogP contribution in [0.5, 0.6) is 0 Å². The maximum Gasteiger partial charge on any atom is 0.195 e. The lowest BCUT2D eigenvalue weighted by Crippen LogP contribution is -2.09. The molecule has 0 saturated carbocycles. The van der Waals surface area contributed by atoms with Crippen molar-refractivity contribution in [2.75, 3.05) is 0 Å². The second-order valence-corrected chi connectivity index (χ2v) is 5.14. The Balaban J connectivity index is 2.40. The van der Waals surface area contributed by atoms with Gasteiger partial charge in [-0.15, -0.1) is 10.2 Å². The van der Waals surface area contributed by atoms with Crippen LogP contribution in [0.1, 0.15) is 24.4 Å². The highest BCUT2D eigenvalue weighted by Crippen LogP contribution is 2.33. The fourth-order valence-corrected chi connectivity index (χ4v) is 2.71. The number of nitrogens with two attached hydrogens (primary N) is 1. The van der Waals surface area contributed by atoms with Gasteiger partial charge in [0, 0.05) is 23.5 Å². The van der Waals surface area contributed by atoms with Gasteiger partial charge < -0.3 is 10.3 Å². The summed E-state index contributed by atoms with van der Waals surface area (Å²) in [7, 11) is 1.88. The number of hydrogen-bond acceptors (Lipinski definition) is 4. The van der Waals surface area contributed by atoms with Crippen molar-refractivity contribution in [3.8, 4) is 0 Å². The molecule has 1 aromatic carbocycles. The van der Waals surface area contributed by atoms with Gasteiger partial charge >= 0.3 is 0 Å². The highest BCUT2D eigenvalue weighted by Gasteiger charge is 2.15. The van der Waals surface area contributed by atoms with Gasteiger partial charge in [0.15, 0.2) is 5.16 Å². The molecule has 0 amide bonds. The summed E-state index contributed by atoms with van der Waals surface area (Å²) in [6.45, 7) is 3.64. The molecule has 4 nitrogen and oxygen atoms in total. The first-order chi connectivity index (χ1) is 8.50. The average Bonchev–Trinajstić information content (AvgIpc) is 2.60. The quantitative estimate of drug-likeness (QED) is 0.927. The van der Waals surface area contributed by atoms with E-state index in [0.717, 1.165) is 15.9 Å². The Bertz CT molecular complexity index is 565. The second-order valence-electron chi connectivity index (χ2n) is 4.13. The van der Waals surface area contributed by atoms with Gasteiger partial charge in [0.25, 0.3) is 0 Å². The van der Waals surface area contributed by atoms with Crippen LogP contribution in [-0.4, -0.2) is 14.8 Å². The van der Waals surface area contributed by atoms with E-state index in [9.17, 15) is 4.39 Å². The summed E-state index contributed by atoms with van der Waals surface area (Å²) in [5.74, 6) is 0.533. The molecule has 6 heteroatoms. The second kappa shape index (κ2) is 5.07. The van der Waals surface area contributed by atoms with Crippen molar-refractivity contribution >= 4 is 11.8 Å². The van der Waals surface area contributed by atoms with E-state index in [-0.39, 0.29) is 11.9 Å². The molecule has 0 spiro atoms. The Hall–Kier alpha value is -1.40. The summed E-state index contributed by atoms with van der Waals surface area (Å²) in [5, 5.41) is 8.75. The van der Waals surface area contributed by atoms with Gasteiger partial charge in [0.05, 0.1) is 0 Å². The highest BCUT2D eigenvalue weighted by atomic mass is 32.2. The first-order valence-electron chi connectivity index (χ1n) is 5.58. The molecule has 2 aromatic rings. The molecule has 0 fully saturated rings. The zero-order valence-electron chi connectivity index (χ0n) is 10.5. The zero-order valence-corrected chi connectivity index (χ0v) is 11.3. The molecule has 1 atom stereocenters. The number of benzene rings is 1. The van der Waals surface area contributed by atoms with Gasteiger partial charge in [-0.1, -0.05) is 6.07 Å². The lowest BCUT2D eigenvalue weighted by molar-refractivity contribution is 0.585. The standard InChI is InChI=1S/C12H15FN4S/c1-7(14)11-9(13)5-4-6-10(11)18-12-16-15-8(2)17(12)3/h4-7H,14H2,1-3H3. The molecular weight excluding hydrogens is 251 g/mol. The van der Waals surface area contributed by atoms with Crippen LogP contribution >= 0.6 is 11.8 Å². The van der Waals surface area contributed by atoms with Crippen LogP contribution in [0.15, 0.2) is 28.3 Å². The van der Waals surface area contributed by atoms with Crippen LogP contribution in [-0.2, 0) is 7.05 Å². The molecule has 0 aliphatic heterocycles. The number of hydrogen-bond donors (Lipinski definition) is 1. The molecule has 2 rings (SSSR count). The Morgan fingerprint density at radius 2 is 2.11 bits per heavy atom. The fourth-order valence-electron chi connectivity index (χ4n) is 1.62. The van der Waals surface area contributed by atoms with E-state index in [1.807, 2.05) is 24.6 Å². The van der Waals surface area contributed by atoms with E-state index in [1.54, 1.807) is 13.0 Å². The monoisotopic (exact) mass is 266 g/mol. The smallest absolute Gasteiger partial charge is 0.195 e. The van der Waals surface area contributed by atoms with Crippen LogP contribution in [0.2, 0.25) is 0 Å². The summed E-state index contributed by atoms with van der Waals surface area (Å²) in [6.07, 6.45) is 0. The van der Waals surface area contributed by atoms with E-state index < -0.39 is 0 Å². The molecule has 0 saturated heterocycles. The van der Waals surface area contributed by atoms with Gasteiger partial charge in [-0.2, -0.15) is 0 Å². The Kier molecular flexibility index (Phi) is 3.68. The number of aromatic nitrogens is 3. The summed E-state index contributed by atoms with van der Waals surface area (Å²) >= 11 is 1.37. The molecule has 96 valence electrons. The molecule has 0 aliphatic rings. The maximum absolute atomic E-state index is 13.8. The lowest BCUT2D eigenvalue weighted by Gasteiger charge is -2.12. The van der Waals surface area contributed by atoms with Crippen molar-refractivity contribution in [1.82, 2.24) is 14.8 Å². The molecule has 1 heterocycles. The van der Waals surface area contributed by atoms with E-state index >= 15 is 0 Å². The van der Waals surface area contributed by atoms with Gasteiger partial charge in [0.2, 0.25) is 0 Å². The van der Waals surface area contributed by atoms with E-state index in [1.165, 1.54) is 17.8 Å². The molecule has 0 bridgehead atoms. The number of halogens is 1. The minimum absolute atomic E-state index is 0.283. The summed E-state index contributed by atoms with van der Waals surface area (Å²) < 4.78 is 15.6. The largest absolute Gasteiger partial charge is 0.324 e. The third kappa shape index (κ3) is 2.39. The van der Waals surface area contributed by atoms with Crippen LogP contribution in [0, 0.1) is 12.7 Å². The summed E-state index contributed by atoms with van der Waals surface area (Å²) in [6, 6.07) is 4.58. The van der Waals surface area contributed by atoms with E-state index in [2.05, 4.69) is 10.2 Å². The molecular formula is C12H15FN4S. The third-order valence-corrected chi connectivity index (χ3v) is 3.84. The lowest BCUT2D eigenvalue weighted by atomic mass is 10.1. The Morgan fingerprint density at radius 1 is 1.39 bits per heavy atom. The van der Waals surface area contributed by atoms with Crippen LogP contribution < -0.4 is 5.73 Å². The van der Waals surface area contributed by atoms with Gasteiger partial charge in [-0.3, -0.25) is 0 Å². The van der Waals surface area contributed by atoms with Crippen molar-refractivity contribution in [3.05, 3.63) is 35.4 Å². The molecule has 0 aliphatic carbocycles. The fraction of sp³-hybridized carbons (Fsp3) is 0.333. The SMILES string of the molecule is Cc1nnc(Sc2cccc(F)c2C(C)N)n1C. The number of aryl methyl sites for hydroxylation is 1. The van der Waals surface area contributed by atoms with E-state index in [0.29, 0.717) is 5.56 Å². The van der Waals surface area contributed by atoms with Crippen molar-refractivity contribution in [1.29, 1.82) is 0 Å². The first-order valence-corrected chi connectivity index (χ1v) is 6.40. The summed E-state index contributed by atoms with van der Waals surface area (Å²) in [5.41, 5.74) is 6.33. The van der Waals surface area contributed by atoms with Crippen LogP contribution in [0.4, 0.5) is 4.39 Å². The topological polar surface area (TPSA) is 56.7 Å². The van der Waals surface area contributed by atoms with Crippen molar-refractivity contribution < 1.29 is 4.39 Å². The molecule has 18 heavy (non-hydrogen) atoms. The van der Waals surface area contributed by atoms with Crippen molar-refractivity contribution in [3.63, 3.8) is 0 Å². The Labute approximate surface area is 109 Å². The number of rotatable bonds is 3. The minimum Gasteiger partial charge on any atom is -0.324 e. The van der Waals surface area contributed by atoms with Gasteiger partial charge in [0.1, 0.15) is 11.6 Å². The Morgan fingerprint density at radius 3 is 2.67 bits per heavy atom. The van der Waals surface area contributed by atoms with Crippen LogP contribution in [0.25, 0.3) is 0 Å². The zero-order chi connectivity index (χ0) is 13.3. The number of nitrogens with zero attached hydrogens (tertiary/aromatic N) is 3. The molecule has 0 radical (unpaired) electrons. The van der Waals surface area contributed by atoms with Crippen LogP contribution in [0.3, 0.4) is 0 Å². The first kappa shape index (κ1) is 13.0. The molecule has 1 aromatic heterocycles. The third-order valence-electron chi connectivity index (χ3n) is 2.72. The molecule has 1 unspecified atom stereocenters. The predicted octanol–water partition coefficient (Wildman–Crippen LogP) is 2.43. The van der Waals surface area contributed by atoms with E-state index in [4.69, 9.17) is 5.73 Å². The minimum atomic E-state index is -0.358.